The second-order valence-electron chi connectivity index (χ2n) is 6.71. The molecule has 5 heteroatoms. The smallest absolute Gasteiger partial charge is 0.292 e. The maximum absolute atomic E-state index is 12.9. The summed E-state index contributed by atoms with van der Waals surface area (Å²) in [6.07, 6.45) is 1.55. The lowest BCUT2D eigenvalue weighted by Gasteiger charge is -2.19. The fourth-order valence-corrected chi connectivity index (χ4v) is 3.43. The van der Waals surface area contributed by atoms with Gasteiger partial charge in [-0.05, 0) is 49.1 Å². The third-order valence-electron chi connectivity index (χ3n) is 5.05. The molecule has 140 valence electrons. The van der Waals surface area contributed by atoms with Crippen molar-refractivity contribution in [3.63, 3.8) is 0 Å². The standard InChI is InChI=1S/C22H24N2O3/c1-4-16-11-12-17(5-2)19(13-16)20(25)14-23-21(26)15(3)24(22(23)27)18-9-7-6-8-10-18/h6-13,15H,4-5,14H2,1-3H3. The second kappa shape index (κ2) is 7.74. The van der Waals surface area contributed by atoms with Gasteiger partial charge in [-0.2, -0.15) is 0 Å². The Hall–Kier alpha value is -2.95. The maximum atomic E-state index is 12.9. The zero-order valence-electron chi connectivity index (χ0n) is 15.9. The molecule has 3 amide bonds. The molecule has 1 fully saturated rings. The summed E-state index contributed by atoms with van der Waals surface area (Å²) in [5, 5.41) is 0. The van der Waals surface area contributed by atoms with Crippen LogP contribution < -0.4 is 4.90 Å². The van der Waals surface area contributed by atoms with Crippen LogP contribution in [0.15, 0.2) is 48.5 Å². The number of para-hydroxylation sites is 1. The molecule has 0 spiro atoms. The molecule has 2 aromatic rings. The summed E-state index contributed by atoms with van der Waals surface area (Å²) < 4.78 is 0. The number of carbonyl (C=O) groups is 3. The SMILES string of the molecule is CCc1ccc(CC)c(C(=O)CN2C(=O)C(C)N(c3ccccc3)C2=O)c1. The molecule has 0 aliphatic carbocycles. The van der Waals surface area contributed by atoms with Gasteiger partial charge in [0, 0.05) is 11.3 Å². The number of rotatable bonds is 6. The largest absolute Gasteiger partial charge is 0.332 e. The van der Waals surface area contributed by atoms with Crippen LogP contribution in [-0.2, 0) is 17.6 Å². The average molecular weight is 364 g/mol. The highest BCUT2D eigenvalue weighted by Gasteiger charge is 2.44. The number of aryl methyl sites for hydroxylation is 2. The second-order valence-corrected chi connectivity index (χ2v) is 6.71. The van der Waals surface area contributed by atoms with Crippen LogP contribution in [0.5, 0.6) is 0 Å². The zero-order valence-corrected chi connectivity index (χ0v) is 15.9. The number of benzene rings is 2. The minimum Gasteiger partial charge on any atom is -0.292 e. The van der Waals surface area contributed by atoms with Crippen molar-refractivity contribution in [1.29, 1.82) is 0 Å². The van der Waals surface area contributed by atoms with Gasteiger partial charge in [-0.15, -0.1) is 0 Å². The van der Waals surface area contributed by atoms with E-state index in [-0.39, 0.29) is 18.2 Å². The molecule has 0 aromatic heterocycles. The van der Waals surface area contributed by atoms with Crippen molar-refractivity contribution in [2.45, 2.75) is 39.7 Å². The Labute approximate surface area is 159 Å². The van der Waals surface area contributed by atoms with Crippen molar-refractivity contribution >= 4 is 23.4 Å². The first kappa shape index (κ1) is 18.8. The lowest BCUT2D eigenvalue weighted by molar-refractivity contribution is -0.126. The van der Waals surface area contributed by atoms with Crippen LogP contribution in [0.25, 0.3) is 0 Å². The molecule has 1 aliphatic rings. The van der Waals surface area contributed by atoms with Crippen LogP contribution in [0.3, 0.4) is 0 Å². The number of anilines is 1. The molecular weight excluding hydrogens is 340 g/mol. The number of urea groups is 1. The molecule has 0 saturated carbocycles. The van der Waals surface area contributed by atoms with Crippen molar-refractivity contribution in [3.05, 3.63) is 65.2 Å². The van der Waals surface area contributed by atoms with E-state index in [1.807, 2.05) is 50.2 Å². The van der Waals surface area contributed by atoms with E-state index in [4.69, 9.17) is 0 Å². The van der Waals surface area contributed by atoms with Gasteiger partial charge in [0.1, 0.15) is 6.04 Å². The summed E-state index contributed by atoms with van der Waals surface area (Å²) in [6.45, 7) is 5.48. The molecule has 1 unspecified atom stereocenters. The Balaban J connectivity index is 1.86. The van der Waals surface area contributed by atoms with E-state index in [2.05, 4.69) is 0 Å². The van der Waals surface area contributed by atoms with E-state index in [1.165, 1.54) is 4.90 Å². The molecule has 1 heterocycles. The average Bonchev–Trinajstić information content (AvgIpc) is 2.91. The molecule has 0 bridgehead atoms. The van der Waals surface area contributed by atoms with Crippen LogP contribution >= 0.6 is 0 Å². The molecule has 1 saturated heterocycles. The number of imide groups is 1. The normalized spacial score (nSPS) is 16.9. The molecule has 5 nitrogen and oxygen atoms in total. The number of hydrogen-bond donors (Lipinski definition) is 0. The highest BCUT2D eigenvalue weighted by Crippen LogP contribution is 2.26. The molecular formula is C22H24N2O3. The Kier molecular flexibility index (Phi) is 5.40. The van der Waals surface area contributed by atoms with Gasteiger partial charge >= 0.3 is 6.03 Å². The minimum atomic E-state index is -0.625. The predicted molar refractivity (Wildman–Crippen MR) is 105 cm³/mol. The molecule has 27 heavy (non-hydrogen) atoms. The Morgan fingerprint density at radius 2 is 1.70 bits per heavy atom. The maximum Gasteiger partial charge on any atom is 0.332 e. The van der Waals surface area contributed by atoms with Gasteiger partial charge in [0.05, 0.1) is 6.54 Å². The van der Waals surface area contributed by atoms with Crippen LogP contribution in [0.2, 0.25) is 0 Å². The lowest BCUT2D eigenvalue weighted by Crippen LogP contribution is -2.37. The van der Waals surface area contributed by atoms with Gasteiger partial charge in [-0.25, -0.2) is 4.79 Å². The van der Waals surface area contributed by atoms with Gasteiger partial charge in [-0.1, -0.05) is 44.2 Å². The van der Waals surface area contributed by atoms with E-state index in [9.17, 15) is 14.4 Å². The molecule has 3 rings (SSSR count). The molecule has 0 N–H and O–H groups in total. The number of hydrogen-bond acceptors (Lipinski definition) is 3. The number of carbonyl (C=O) groups excluding carboxylic acids is 3. The fourth-order valence-electron chi connectivity index (χ4n) is 3.43. The van der Waals surface area contributed by atoms with Gasteiger partial charge < -0.3 is 0 Å². The highest BCUT2D eigenvalue weighted by atomic mass is 16.2. The van der Waals surface area contributed by atoms with Gasteiger partial charge in [0.15, 0.2) is 5.78 Å². The minimum absolute atomic E-state index is 0.203. The quantitative estimate of drug-likeness (QED) is 0.578. The molecule has 0 radical (unpaired) electrons. The zero-order chi connectivity index (χ0) is 19.6. The van der Waals surface area contributed by atoms with Crippen molar-refractivity contribution in [2.24, 2.45) is 0 Å². The summed E-state index contributed by atoms with van der Waals surface area (Å²) in [5.74, 6) is -0.548. The third-order valence-corrected chi connectivity index (χ3v) is 5.05. The van der Waals surface area contributed by atoms with E-state index in [0.29, 0.717) is 11.3 Å². The summed E-state index contributed by atoms with van der Waals surface area (Å²) in [4.78, 5) is 40.9. The third kappa shape index (κ3) is 3.50. The number of Topliss-reactive ketones (excluding diaryl/α,β-unsaturated/α-hetero) is 1. The molecule has 1 aliphatic heterocycles. The number of ketones is 1. The van der Waals surface area contributed by atoms with Crippen LogP contribution in [-0.4, -0.2) is 35.2 Å². The van der Waals surface area contributed by atoms with Gasteiger partial charge in [0.25, 0.3) is 5.91 Å². The summed E-state index contributed by atoms with van der Waals surface area (Å²) in [7, 11) is 0. The summed E-state index contributed by atoms with van der Waals surface area (Å²) >= 11 is 0. The van der Waals surface area contributed by atoms with E-state index < -0.39 is 12.1 Å². The molecule has 1 atom stereocenters. The van der Waals surface area contributed by atoms with Gasteiger partial charge in [-0.3, -0.25) is 19.4 Å². The predicted octanol–water partition coefficient (Wildman–Crippen LogP) is 3.85. The van der Waals surface area contributed by atoms with Crippen LogP contribution in [0.4, 0.5) is 10.5 Å². The first-order valence-electron chi connectivity index (χ1n) is 9.32. The molecule has 2 aromatic carbocycles. The summed E-state index contributed by atoms with van der Waals surface area (Å²) in [5.41, 5.74) is 3.25. The van der Waals surface area contributed by atoms with E-state index in [0.717, 1.165) is 28.9 Å². The van der Waals surface area contributed by atoms with Crippen molar-refractivity contribution in [1.82, 2.24) is 4.90 Å². The van der Waals surface area contributed by atoms with Gasteiger partial charge in [0.2, 0.25) is 0 Å². The highest BCUT2D eigenvalue weighted by molar-refractivity contribution is 6.16. The lowest BCUT2D eigenvalue weighted by atomic mass is 9.97. The van der Waals surface area contributed by atoms with E-state index >= 15 is 0 Å². The van der Waals surface area contributed by atoms with Crippen LogP contribution in [0.1, 0.15) is 42.3 Å². The summed E-state index contributed by atoms with van der Waals surface area (Å²) in [6, 6.07) is 13.8. The fraction of sp³-hybridized carbons (Fsp3) is 0.318. The van der Waals surface area contributed by atoms with E-state index in [1.54, 1.807) is 19.1 Å². The van der Waals surface area contributed by atoms with Crippen LogP contribution in [0, 0.1) is 0 Å². The topological polar surface area (TPSA) is 57.7 Å². The number of nitrogens with zero attached hydrogens (tertiary/aromatic N) is 2. The Morgan fingerprint density at radius 1 is 1.00 bits per heavy atom. The Morgan fingerprint density at radius 3 is 2.33 bits per heavy atom. The number of amides is 3. The monoisotopic (exact) mass is 364 g/mol. The first-order valence-corrected chi connectivity index (χ1v) is 9.32. The van der Waals surface area contributed by atoms with Crippen molar-refractivity contribution in [3.8, 4) is 0 Å². The van der Waals surface area contributed by atoms with Crippen molar-refractivity contribution < 1.29 is 14.4 Å². The first-order chi connectivity index (χ1) is 13.0. The Bertz CT molecular complexity index is 876. The van der Waals surface area contributed by atoms with Crippen molar-refractivity contribution in [2.75, 3.05) is 11.4 Å².